The van der Waals surface area contributed by atoms with Gasteiger partial charge in [-0.15, -0.1) is 0 Å². The van der Waals surface area contributed by atoms with Crippen LogP contribution < -0.4 is 5.32 Å². The van der Waals surface area contributed by atoms with Gasteiger partial charge in [-0.05, 0) is 18.3 Å². The Morgan fingerprint density at radius 3 is 2.40 bits per heavy atom. The van der Waals surface area contributed by atoms with Gasteiger partial charge in [0.05, 0.1) is 0 Å². The molecule has 0 aliphatic rings. The number of hydrogen-bond acceptors (Lipinski definition) is 2. The van der Waals surface area contributed by atoms with Crippen LogP contribution in [0.1, 0.15) is 46.5 Å². The molecule has 0 radical (unpaired) electrons. The van der Waals surface area contributed by atoms with Crippen LogP contribution in [0.5, 0.6) is 0 Å². The summed E-state index contributed by atoms with van der Waals surface area (Å²) in [6.07, 6.45) is 3.52. The Bertz CT molecular complexity index is 167. The first-order chi connectivity index (χ1) is 7.13. The molecule has 1 amide bonds. The molecule has 0 aliphatic carbocycles. The minimum atomic E-state index is 0.147. The summed E-state index contributed by atoms with van der Waals surface area (Å²) in [5.41, 5.74) is 0. The highest BCUT2D eigenvalue weighted by atomic mass is 16.3. The summed E-state index contributed by atoms with van der Waals surface area (Å²) in [7, 11) is 0. The van der Waals surface area contributed by atoms with Gasteiger partial charge in [0.25, 0.3) is 0 Å². The van der Waals surface area contributed by atoms with Crippen molar-refractivity contribution in [3.8, 4) is 0 Å². The third-order valence-electron chi connectivity index (χ3n) is 2.90. The molecule has 3 heteroatoms. The lowest BCUT2D eigenvalue weighted by Gasteiger charge is -2.14. The lowest BCUT2D eigenvalue weighted by Crippen LogP contribution is -2.29. The molecule has 0 aromatic rings. The van der Waals surface area contributed by atoms with Gasteiger partial charge in [0, 0.05) is 19.6 Å². The van der Waals surface area contributed by atoms with Crippen molar-refractivity contribution in [2.45, 2.75) is 46.5 Å². The first-order valence-corrected chi connectivity index (χ1v) is 6.01. The number of amides is 1. The minimum absolute atomic E-state index is 0.147. The van der Waals surface area contributed by atoms with Gasteiger partial charge in [0.1, 0.15) is 0 Å². The van der Waals surface area contributed by atoms with E-state index in [0.29, 0.717) is 24.8 Å². The van der Waals surface area contributed by atoms with Crippen LogP contribution in [0.15, 0.2) is 0 Å². The summed E-state index contributed by atoms with van der Waals surface area (Å²) in [5, 5.41) is 11.6. The summed E-state index contributed by atoms with van der Waals surface area (Å²) in [4.78, 5) is 11.5. The second-order valence-electron chi connectivity index (χ2n) is 4.31. The average Bonchev–Trinajstić information content (AvgIpc) is 2.23. The van der Waals surface area contributed by atoms with Crippen LogP contribution in [0, 0.1) is 11.8 Å². The minimum Gasteiger partial charge on any atom is -0.396 e. The molecule has 0 saturated heterocycles. The first-order valence-electron chi connectivity index (χ1n) is 6.01. The van der Waals surface area contributed by atoms with E-state index in [1.807, 2.05) is 6.92 Å². The lowest BCUT2D eigenvalue weighted by molar-refractivity contribution is -0.122. The maximum Gasteiger partial charge on any atom is 0.220 e. The van der Waals surface area contributed by atoms with Gasteiger partial charge in [0.2, 0.25) is 5.91 Å². The molecule has 0 saturated carbocycles. The lowest BCUT2D eigenvalue weighted by atomic mass is 9.99. The fourth-order valence-corrected chi connectivity index (χ4v) is 1.52. The van der Waals surface area contributed by atoms with Crippen LogP contribution in [-0.4, -0.2) is 24.2 Å². The average molecular weight is 215 g/mol. The molecule has 0 heterocycles. The summed E-state index contributed by atoms with van der Waals surface area (Å²) < 4.78 is 0. The number of rotatable bonds is 8. The fraction of sp³-hybridized carbons (Fsp3) is 0.917. The van der Waals surface area contributed by atoms with Crippen LogP contribution in [-0.2, 0) is 4.79 Å². The standard InChI is InChI=1S/C12H25NO2/c1-4-11(5-2)8-12(15)13-9-10(3)6-7-14/h10-11,14H,4-9H2,1-3H3,(H,13,15). The zero-order chi connectivity index (χ0) is 11.7. The van der Waals surface area contributed by atoms with E-state index in [1.54, 1.807) is 0 Å². The third kappa shape index (κ3) is 7.37. The number of aliphatic hydroxyl groups excluding tert-OH is 1. The monoisotopic (exact) mass is 215 g/mol. The molecular formula is C12H25NO2. The van der Waals surface area contributed by atoms with Crippen molar-refractivity contribution in [1.82, 2.24) is 5.32 Å². The molecule has 0 aromatic carbocycles. The van der Waals surface area contributed by atoms with E-state index in [0.717, 1.165) is 19.3 Å². The Morgan fingerprint density at radius 2 is 1.93 bits per heavy atom. The van der Waals surface area contributed by atoms with Crippen LogP contribution in [0.25, 0.3) is 0 Å². The SMILES string of the molecule is CCC(CC)CC(=O)NCC(C)CCO. The summed E-state index contributed by atoms with van der Waals surface area (Å²) in [6, 6.07) is 0. The predicted octanol–water partition coefficient (Wildman–Crippen LogP) is 1.95. The van der Waals surface area contributed by atoms with Crippen molar-refractivity contribution in [1.29, 1.82) is 0 Å². The Labute approximate surface area is 93.3 Å². The summed E-state index contributed by atoms with van der Waals surface area (Å²) in [6.45, 7) is 7.16. The van der Waals surface area contributed by atoms with Crippen LogP contribution in [0.2, 0.25) is 0 Å². The van der Waals surface area contributed by atoms with Crippen molar-refractivity contribution in [2.24, 2.45) is 11.8 Å². The first kappa shape index (κ1) is 14.4. The van der Waals surface area contributed by atoms with Gasteiger partial charge in [-0.25, -0.2) is 0 Å². The molecule has 1 unspecified atom stereocenters. The topological polar surface area (TPSA) is 49.3 Å². The molecule has 0 fully saturated rings. The fourth-order valence-electron chi connectivity index (χ4n) is 1.52. The molecule has 3 nitrogen and oxygen atoms in total. The molecular weight excluding hydrogens is 190 g/mol. The largest absolute Gasteiger partial charge is 0.396 e. The molecule has 90 valence electrons. The highest BCUT2D eigenvalue weighted by Gasteiger charge is 2.10. The number of carbonyl (C=O) groups is 1. The molecule has 0 aliphatic heterocycles. The molecule has 0 spiro atoms. The second kappa shape index (κ2) is 8.72. The Morgan fingerprint density at radius 1 is 1.33 bits per heavy atom. The smallest absolute Gasteiger partial charge is 0.220 e. The van der Waals surface area contributed by atoms with Crippen molar-refractivity contribution >= 4 is 5.91 Å². The Kier molecular flexibility index (Phi) is 8.38. The van der Waals surface area contributed by atoms with E-state index in [1.165, 1.54) is 0 Å². The summed E-state index contributed by atoms with van der Waals surface area (Å²) in [5.74, 6) is 1.02. The maximum atomic E-state index is 11.5. The van der Waals surface area contributed by atoms with E-state index in [4.69, 9.17) is 5.11 Å². The van der Waals surface area contributed by atoms with Crippen LogP contribution in [0.3, 0.4) is 0 Å². The number of aliphatic hydroxyl groups is 1. The summed E-state index contributed by atoms with van der Waals surface area (Å²) >= 11 is 0. The van der Waals surface area contributed by atoms with E-state index >= 15 is 0 Å². The quantitative estimate of drug-likeness (QED) is 0.650. The molecule has 0 rings (SSSR count). The molecule has 1 atom stereocenters. The Hall–Kier alpha value is -0.570. The highest BCUT2D eigenvalue weighted by Crippen LogP contribution is 2.11. The van der Waals surface area contributed by atoms with Gasteiger partial charge in [-0.2, -0.15) is 0 Å². The van der Waals surface area contributed by atoms with Gasteiger partial charge in [-0.1, -0.05) is 33.6 Å². The van der Waals surface area contributed by atoms with E-state index in [-0.39, 0.29) is 12.5 Å². The molecule has 0 aromatic heterocycles. The number of hydrogen-bond donors (Lipinski definition) is 2. The van der Waals surface area contributed by atoms with Crippen molar-refractivity contribution in [2.75, 3.05) is 13.2 Å². The van der Waals surface area contributed by atoms with E-state index in [9.17, 15) is 4.79 Å². The van der Waals surface area contributed by atoms with Gasteiger partial charge >= 0.3 is 0 Å². The van der Waals surface area contributed by atoms with Crippen molar-refractivity contribution in [3.05, 3.63) is 0 Å². The number of carbonyl (C=O) groups excluding carboxylic acids is 1. The van der Waals surface area contributed by atoms with Gasteiger partial charge in [-0.3, -0.25) is 4.79 Å². The van der Waals surface area contributed by atoms with Crippen molar-refractivity contribution in [3.63, 3.8) is 0 Å². The molecule has 2 N–H and O–H groups in total. The Balaban J connectivity index is 3.64. The normalized spacial score (nSPS) is 12.9. The molecule has 0 bridgehead atoms. The zero-order valence-electron chi connectivity index (χ0n) is 10.3. The predicted molar refractivity (Wildman–Crippen MR) is 62.6 cm³/mol. The second-order valence-corrected chi connectivity index (χ2v) is 4.31. The third-order valence-corrected chi connectivity index (χ3v) is 2.90. The van der Waals surface area contributed by atoms with Crippen molar-refractivity contribution < 1.29 is 9.90 Å². The van der Waals surface area contributed by atoms with Gasteiger partial charge in [0.15, 0.2) is 0 Å². The van der Waals surface area contributed by atoms with Crippen LogP contribution >= 0.6 is 0 Å². The maximum absolute atomic E-state index is 11.5. The molecule has 15 heavy (non-hydrogen) atoms. The number of nitrogens with one attached hydrogen (secondary N) is 1. The van der Waals surface area contributed by atoms with E-state index < -0.39 is 0 Å². The van der Waals surface area contributed by atoms with Gasteiger partial charge < -0.3 is 10.4 Å². The van der Waals surface area contributed by atoms with E-state index in [2.05, 4.69) is 19.2 Å². The van der Waals surface area contributed by atoms with Crippen LogP contribution in [0.4, 0.5) is 0 Å². The zero-order valence-corrected chi connectivity index (χ0v) is 10.3. The highest BCUT2D eigenvalue weighted by molar-refractivity contribution is 5.76.